The first-order valence-electron chi connectivity index (χ1n) is 11.4. The van der Waals surface area contributed by atoms with Crippen molar-refractivity contribution in [2.75, 3.05) is 0 Å². The molecule has 0 bridgehead atoms. The molecule has 0 amide bonds. The SMILES string of the molecule is CCC(C)(C)O.CCC(C)(C)O.CCC(C)(C)O.CCC(C)(C)O.CCC(C)(C)O.[Nb]. The van der Waals surface area contributed by atoms with Gasteiger partial charge in [0.25, 0.3) is 0 Å². The van der Waals surface area contributed by atoms with E-state index >= 15 is 0 Å². The van der Waals surface area contributed by atoms with Crippen LogP contribution in [-0.2, 0) is 22.4 Å². The van der Waals surface area contributed by atoms with Crippen LogP contribution in [0.15, 0.2) is 0 Å². The van der Waals surface area contributed by atoms with E-state index in [1.807, 2.05) is 34.6 Å². The van der Waals surface area contributed by atoms with E-state index in [1.165, 1.54) is 0 Å². The van der Waals surface area contributed by atoms with Gasteiger partial charge in [-0.2, -0.15) is 0 Å². The van der Waals surface area contributed by atoms with Crippen LogP contribution in [-0.4, -0.2) is 53.5 Å². The van der Waals surface area contributed by atoms with E-state index in [0.29, 0.717) is 0 Å². The van der Waals surface area contributed by atoms with Gasteiger partial charge in [0.15, 0.2) is 0 Å². The number of hydrogen-bond donors (Lipinski definition) is 5. The molecule has 0 aromatic carbocycles. The summed E-state index contributed by atoms with van der Waals surface area (Å²) in [4.78, 5) is 0. The predicted octanol–water partition coefficient (Wildman–Crippen LogP) is 5.83. The summed E-state index contributed by atoms with van der Waals surface area (Å²) in [5.74, 6) is 0. The molecule has 0 spiro atoms. The van der Waals surface area contributed by atoms with Crippen molar-refractivity contribution in [1.29, 1.82) is 0 Å². The van der Waals surface area contributed by atoms with Crippen LogP contribution in [0.25, 0.3) is 0 Å². The molecule has 0 aliphatic rings. The summed E-state index contributed by atoms with van der Waals surface area (Å²) < 4.78 is 0. The van der Waals surface area contributed by atoms with Gasteiger partial charge >= 0.3 is 0 Å². The van der Waals surface area contributed by atoms with Crippen molar-refractivity contribution in [3.63, 3.8) is 0 Å². The van der Waals surface area contributed by atoms with Crippen molar-refractivity contribution >= 4 is 0 Å². The van der Waals surface area contributed by atoms with E-state index in [9.17, 15) is 0 Å². The summed E-state index contributed by atoms with van der Waals surface area (Å²) >= 11 is 0. The van der Waals surface area contributed by atoms with Crippen LogP contribution in [0.4, 0.5) is 0 Å². The van der Waals surface area contributed by atoms with Gasteiger partial charge in [0.05, 0.1) is 28.0 Å². The van der Waals surface area contributed by atoms with Gasteiger partial charge in [-0.25, -0.2) is 0 Å². The Morgan fingerprint density at radius 2 is 0.355 bits per heavy atom. The Balaban J connectivity index is -0.0000000625. The van der Waals surface area contributed by atoms with Gasteiger partial charge < -0.3 is 25.5 Å². The van der Waals surface area contributed by atoms with Crippen molar-refractivity contribution in [2.45, 2.75) is 164 Å². The normalized spacial score (nSPS) is 11.6. The molecular formula is C25H60NbO5. The van der Waals surface area contributed by atoms with Crippen LogP contribution in [0.1, 0.15) is 136 Å². The quantitative estimate of drug-likeness (QED) is 0.286. The zero-order valence-corrected chi connectivity index (χ0v) is 25.9. The maximum Gasteiger partial charge on any atom is 0.0589 e. The Morgan fingerprint density at radius 1 is 0.323 bits per heavy atom. The van der Waals surface area contributed by atoms with Crippen molar-refractivity contribution in [2.24, 2.45) is 0 Å². The second-order valence-electron chi connectivity index (χ2n) is 10.8. The first kappa shape index (κ1) is 45.1. The Morgan fingerprint density at radius 3 is 0.355 bits per heavy atom. The standard InChI is InChI=1S/5C5H12O.Nb/c5*1-4-5(2,3)6;/h5*6H,4H2,1-3H3;. The molecule has 6 heteroatoms. The first-order chi connectivity index (χ1) is 12.8. The van der Waals surface area contributed by atoms with E-state index in [0.717, 1.165) is 32.1 Å². The zero-order valence-electron chi connectivity index (χ0n) is 23.7. The average Bonchev–Trinajstić information content (AvgIpc) is 2.54. The third kappa shape index (κ3) is 103. The van der Waals surface area contributed by atoms with E-state index in [1.54, 1.807) is 69.2 Å². The zero-order chi connectivity index (χ0) is 26.0. The Hall–Kier alpha value is 0.540. The summed E-state index contributed by atoms with van der Waals surface area (Å²) in [6.45, 7) is 27.8. The Labute approximate surface area is 211 Å². The monoisotopic (exact) mass is 533 g/mol. The van der Waals surface area contributed by atoms with Crippen LogP contribution in [0, 0.1) is 0 Å². The van der Waals surface area contributed by atoms with Gasteiger partial charge in [0, 0.05) is 22.4 Å². The molecule has 1 radical (unpaired) electrons. The van der Waals surface area contributed by atoms with Gasteiger partial charge in [0.1, 0.15) is 0 Å². The molecule has 31 heavy (non-hydrogen) atoms. The second kappa shape index (κ2) is 21.1. The molecule has 5 nitrogen and oxygen atoms in total. The molecule has 0 saturated carbocycles. The topological polar surface area (TPSA) is 101 Å². The van der Waals surface area contributed by atoms with Gasteiger partial charge in [0.2, 0.25) is 0 Å². The molecule has 0 rings (SSSR count). The first-order valence-corrected chi connectivity index (χ1v) is 11.4. The summed E-state index contributed by atoms with van der Waals surface area (Å²) in [6.07, 6.45) is 4.13. The van der Waals surface area contributed by atoms with Crippen molar-refractivity contribution in [3.8, 4) is 0 Å². The molecule has 0 aliphatic carbocycles. The maximum absolute atomic E-state index is 8.83. The third-order valence-corrected chi connectivity index (χ3v) is 4.33. The molecule has 0 fully saturated rings. The van der Waals surface area contributed by atoms with Crippen LogP contribution < -0.4 is 0 Å². The number of rotatable bonds is 5. The molecule has 0 aromatic rings. The van der Waals surface area contributed by atoms with Crippen LogP contribution in [0.2, 0.25) is 0 Å². The second-order valence-corrected chi connectivity index (χ2v) is 10.8. The minimum atomic E-state index is -0.458. The van der Waals surface area contributed by atoms with Crippen molar-refractivity contribution < 1.29 is 47.9 Å². The van der Waals surface area contributed by atoms with Gasteiger partial charge in [-0.1, -0.05) is 34.6 Å². The Bertz CT molecular complexity index is 256. The molecular weight excluding hydrogens is 473 g/mol. The summed E-state index contributed by atoms with van der Waals surface area (Å²) in [5.41, 5.74) is -2.29. The Kier molecular flexibility index (Phi) is 30.7. The molecule has 0 heterocycles. The van der Waals surface area contributed by atoms with Gasteiger partial charge in [-0.15, -0.1) is 0 Å². The van der Waals surface area contributed by atoms with Gasteiger partial charge in [-0.05, 0) is 101 Å². The largest absolute Gasteiger partial charge is 0.390 e. The molecule has 195 valence electrons. The fourth-order valence-corrected chi connectivity index (χ4v) is 0. The molecule has 0 aliphatic heterocycles. The molecule has 0 unspecified atom stereocenters. The summed E-state index contributed by atoms with van der Waals surface area (Å²) in [5, 5.41) is 44.1. The molecule has 5 N–H and O–H groups in total. The minimum Gasteiger partial charge on any atom is -0.390 e. The number of aliphatic hydroxyl groups is 5. The predicted molar refractivity (Wildman–Crippen MR) is 133 cm³/mol. The van der Waals surface area contributed by atoms with Crippen LogP contribution in [0.3, 0.4) is 0 Å². The van der Waals surface area contributed by atoms with Crippen molar-refractivity contribution in [1.82, 2.24) is 0 Å². The average molecular weight is 534 g/mol. The fourth-order valence-electron chi connectivity index (χ4n) is 0. The summed E-state index contributed by atoms with van der Waals surface area (Å²) in [7, 11) is 0. The van der Waals surface area contributed by atoms with Gasteiger partial charge in [-0.3, -0.25) is 0 Å². The fraction of sp³-hybridized carbons (Fsp3) is 1.00. The van der Waals surface area contributed by atoms with E-state index < -0.39 is 28.0 Å². The molecule has 0 aromatic heterocycles. The van der Waals surface area contributed by atoms with E-state index in [4.69, 9.17) is 25.5 Å². The van der Waals surface area contributed by atoms with Crippen LogP contribution >= 0.6 is 0 Å². The van der Waals surface area contributed by atoms with Crippen molar-refractivity contribution in [3.05, 3.63) is 0 Å². The summed E-state index contributed by atoms with van der Waals surface area (Å²) in [6, 6.07) is 0. The molecule has 0 saturated heterocycles. The van der Waals surface area contributed by atoms with Crippen LogP contribution in [0.5, 0.6) is 0 Å². The number of hydrogen-bond acceptors (Lipinski definition) is 5. The van der Waals surface area contributed by atoms with E-state index in [-0.39, 0.29) is 22.4 Å². The van der Waals surface area contributed by atoms with E-state index in [2.05, 4.69) is 0 Å². The smallest absolute Gasteiger partial charge is 0.0589 e. The minimum absolute atomic E-state index is 0. The molecule has 0 atom stereocenters. The third-order valence-electron chi connectivity index (χ3n) is 4.33. The maximum atomic E-state index is 8.83.